The van der Waals surface area contributed by atoms with Gasteiger partial charge < -0.3 is 15.5 Å². The van der Waals surface area contributed by atoms with Gasteiger partial charge in [0.05, 0.1) is 5.75 Å². The molecular weight excluding hydrogens is 330 g/mol. The highest BCUT2D eigenvalue weighted by atomic mass is 32.2. The van der Waals surface area contributed by atoms with Crippen LogP contribution >= 0.6 is 23.1 Å². The quantitative estimate of drug-likeness (QED) is 0.522. The minimum absolute atomic E-state index is 0.0978. The van der Waals surface area contributed by atoms with Crippen molar-refractivity contribution >= 4 is 34.1 Å². The number of rotatable bonds is 9. The molecule has 0 atom stereocenters. The lowest BCUT2D eigenvalue weighted by molar-refractivity contribution is -0.119. The second-order valence-corrected chi connectivity index (χ2v) is 7.92. The van der Waals surface area contributed by atoms with Crippen molar-refractivity contribution in [3.8, 4) is 0 Å². The minimum atomic E-state index is 0.0978. The van der Waals surface area contributed by atoms with Crippen LogP contribution in [0.15, 0.2) is 4.34 Å². The first-order valence-corrected chi connectivity index (χ1v) is 10.2. The first kappa shape index (κ1) is 18.5. The number of nitrogens with one attached hydrogen (secondary N) is 2. The summed E-state index contributed by atoms with van der Waals surface area (Å²) in [7, 11) is 0. The Morgan fingerprint density at radius 2 is 2.13 bits per heavy atom. The lowest BCUT2D eigenvalue weighted by Gasteiger charge is -2.31. The van der Waals surface area contributed by atoms with Crippen molar-refractivity contribution in [1.29, 1.82) is 0 Å². The molecule has 2 rings (SSSR count). The molecule has 0 saturated carbocycles. The molecule has 1 aliphatic rings. The minimum Gasteiger partial charge on any atom is -0.360 e. The fourth-order valence-electron chi connectivity index (χ4n) is 2.50. The Bertz CT molecular complexity index is 474. The van der Waals surface area contributed by atoms with Crippen LogP contribution in [0.1, 0.15) is 39.5 Å². The molecule has 0 spiro atoms. The Balaban J connectivity index is 1.64. The van der Waals surface area contributed by atoms with Gasteiger partial charge in [-0.3, -0.25) is 4.79 Å². The van der Waals surface area contributed by atoms with E-state index in [9.17, 15) is 4.79 Å². The van der Waals surface area contributed by atoms with Crippen molar-refractivity contribution in [2.45, 2.75) is 49.9 Å². The van der Waals surface area contributed by atoms with E-state index in [1.165, 1.54) is 23.1 Å². The van der Waals surface area contributed by atoms with E-state index in [1.54, 1.807) is 0 Å². The van der Waals surface area contributed by atoms with Gasteiger partial charge in [-0.15, -0.1) is 10.2 Å². The molecule has 0 aromatic carbocycles. The van der Waals surface area contributed by atoms with E-state index in [1.807, 2.05) is 0 Å². The van der Waals surface area contributed by atoms with E-state index in [0.29, 0.717) is 11.8 Å². The van der Waals surface area contributed by atoms with Gasteiger partial charge in [0.2, 0.25) is 11.0 Å². The number of thioether (sulfide) groups is 1. The standard InChI is InChI=1S/C15H27N5OS2/c1-3-5-8-16-14-18-19-15(23-14)22-11-13(21)17-12-6-9-20(4-2)10-7-12/h12H,3-11H2,1-2H3,(H,16,18)(H,17,21). The van der Waals surface area contributed by atoms with Gasteiger partial charge in [0.25, 0.3) is 0 Å². The number of carbonyl (C=O) groups is 1. The van der Waals surface area contributed by atoms with Crippen molar-refractivity contribution < 1.29 is 4.79 Å². The zero-order valence-electron chi connectivity index (χ0n) is 14.0. The highest BCUT2D eigenvalue weighted by molar-refractivity contribution is 8.01. The number of hydrogen-bond acceptors (Lipinski definition) is 7. The summed E-state index contributed by atoms with van der Waals surface area (Å²) in [6, 6.07) is 0.326. The third-order valence-electron chi connectivity index (χ3n) is 3.94. The number of carbonyl (C=O) groups excluding carboxylic acids is 1. The Labute approximate surface area is 146 Å². The fraction of sp³-hybridized carbons (Fsp3) is 0.800. The summed E-state index contributed by atoms with van der Waals surface area (Å²) >= 11 is 2.98. The van der Waals surface area contributed by atoms with Crippen molar-refractivity contribution in [2.75, 3.05) is 37.2 Å². The SMILES string of the molecule is CCCCNc1nnc(SCC(=O)NC2CCN(CC)CC2)s1. The predicted octanol–water partition coefficient (Wildman–Crippen LogP) is 2.44. The molecule has 1 aromatic heterocycles. The molecule has 0 unspecified atom stereocenters. The average molecular weight is 358 g/mol. The summed E-state index contributed by atoms with van der Waals surface area (Å²) in [5, 5.41) is 15.4. The number of anilines is 1. The number of unbranched alkanes of at least 4 members (excludes halogenated alkanes) is 1. The first-order valence-electron chi connectivity index (χ1n) is 8.43. The van der Waals surface area contributed by atoms with Crippen molar-refractivity contribution in [1.82, 2.24) is 20.4 Å². The van der Waals surface area contributed by atoms with Gasteiger partial charge in [0.15, 0.2) is 4.34 Å². The van der Waals surface area contributed by atoms with Gasteiger partial charge in [-0.1, -0.05) is 43.4 Å². The third-order valence-corrected chi connectivity index (χ3v) is 5.95. The van der Waals surface area contributed by atoms with E-state index >= 15 is 0 Å². The van der Waals surface area contributed by atoms with Crippen molar-refractivity contribution in [3.05, 3.63) is 0 Å². The number of aromatic nitrogens is 2. The lowest BCUT2D eigenvalue weighted by Crippen LogP contribution is -2.45. The normalized spacial score (nSPS) is 16.4. The summed E-state index contributed by atoms with van der Waals surface area (Å²) in [6.45, 7) is 8.53. The van der Waals surface area contributed by atoms with Crippen LogP contribution in [0, 0.1) is 0 Å². The second kappa shape index (κ2) is 10.1. The van der Waals surface area contributed by atoms with Crippen LogP contribution in [-0.2, 0) is 4.79 Å². The molecule has 6 nitrogen and oxygen atoms in total. The number of piperidine rings is 1. The lowest BCUT2D eigenvalue weighted by atomic mass is 10.1. The largest absolute Gasteiger partial charge is 0.360 e. The smallest absolute Gasteiger partial charge is 0.230 e. The van der Waals surface area contributed by atoms with E-state index in [2.05, 4.69) is 39.6 Å². The average Bonchev–Trinajstić information content (AvgIpc) is 3.02. The maximum absolute atomic E-state index is 12.0. The predicted molar refractivity (Wildman–Crippen MR) is 97.3 cm³/mol. The molecule has 23 heavy (non-hydrogen) atoms. The second-order valence-electron chi connectivity index (χ2n) is 5.72. The summed E-state index contributed by atoms with van der Waals surface area (Å²) in [4.78, 5) is 14.5. The van der Waals surface area contributed by atoms with Gasteiger partial charge in [0.1, 0.15) is 0 Å². The van der Waals surface area contributed by atoms with Crippen LogP contribution in [0.25, 0.3) is 0 Å². The number of nitrogens with zero attached hydrogens (tertiary/aromatic N) is 3. The van der Waals surface area contributed by atoms with Crippen LogP contribution in [0.4, 0.5) is 5.13 Å². The van der Waals surface area contributed by atoms with Crippen LogP contribution in [-0.4, -0.2) is 59.0 Å². The summed E-state index contributed by atoms with van der Waals surface area (Å²) in [5.74, 6) is 0.512. The molecule has 0 bridgehead atoms. The molecule has 8 heteroatoms. The van der Waals surface area contributed by atoms with Crippen molar-refractivity contribution in [2.24, 2.45) is 0 Å². The molecule has 2 N–H and O–H groups in total. The van der Waals surface area contributed by atoms with Crippen molar-refractivity contribution in [3.63, 3.8) is 0 Å². The number of likely N-dealkylation sites (tertiary alicyclic amines) is 1. The Morgan fingerprint density at radius 1 is 1.35 bits per heavy atom. The molecule has 0 radical (unpaired) electrons. The topological polar surface area (TPSA) is 70.1 Å². The fourth-order valence-corrected chi connectivity index (χ4v) is 4.09. The maximum atomic E-state index is 12.0. The molecular formula is C15H27N5OS2. The van der Waals surface area contributed by atoms with Gasteiger partial charge in [-0.2, -0.15) is 0 Å². The zero-order chi connectivity index (χ0) is 16.5. The van der Waals surface area contributed by atoms with Crippen LogP contribution in [0.3, 0.4) is 0 Å². The highest BCUT2D eigenvalue weighted by Crippen LogP contribution is 2.25. The summed E-state index contributed by atoms with van der Waals surface area (Å²) in [6.07, 6.45) is 4.38. The number of amides is 1. The van der Waals surface area contributed by atoms with E-state index in [4.69, 9.17) is 0 Å². The van der Waals surface area contributed by atoms with E-state index < -0.39 is 0 Å². The van der Waals surface area contributed by atoms with Crippen LogP contribution in [0.5, 0.6) is 0 Å². The number of hydrogen-bond donors (Lipinski definition) is 2. The molecule has 2 heterocycles. The maximum Gasteiger partial charge on any atom is 0.230 e. The Morgan fingerprint density at radius 3 is 2.83 bits per heavy atom. The monoisotopic (exact) mass is 357 g/mol. The molecule has 130 valence electrons. The van der Waals surface area contributed by atoms with E-state index in [0.717, 1.165) is 61.3 Å². The Hall–Kier alpha value is -0.860. The van der Waals surface area contributed by atoms with Gasteiger partial charge in [-0.25, -0.2) is 0 Å². The third kappa shape index (κ3) is 6.64. The van der Waals surface area contributed by atoms with Crippen LogP contribution in [0.2, 0.25) is 0 Å². The molecule has 1 aliphatic heterocycles. The highest BCUT2D eigenvalue weighted by Gasteiger charge is 2.19. The van der Waals surface area contributed by atoms with Gasteiger partial charge in [-0.05, 0) is 25.8 Å². The van der Waals surface area contributed by atoms with Gasteiger partial charge in [0, 0.05) is 25.7 Å². The molecule has 1 saturated heterocycles. The Kier molecular flexibility index (Phi) is 8.11. The molecule has 1 fully saturated rings. The van der Waals surface area contributed by atoms with Crippen LogP contribution < -0.4 is 10.6 Å². The summed E-state index contributed by atoms with van der Waals surface area (Å²) in [5.41, 5.74) is 0. The molecule has 0 aliphatic carbocycles. The molecule has 1 aromatic rings. The first-order chi connectivity index (χ1) is 11.2. The van der Waals surface area contributed by atoms with Gasteiger partial charge >= 0.3 is 0 Å². The summed E-state index contributed by atoms with van der Waals surface area (Å²) < 4.78 is 0.847. The zero-order valence-corrected chi connectivity index (χ0v) is 15.6. The molecule has 1 amide bonds. The van der Waals surface area contributed by atoms with E-state index in [-0.39, 0.29) is 5.91 Å².